The molecule has 3 aromatic rings. The van der Waals surface area contributed by atoms with Crippen LogP contribution in [0.2, 0.25) is 0 Å². The molecule has 0 aromatic heterocycles. The number of hydrogen-bond donors (Lipinski definition) is 6. The molecule has 15 atom stereocenters. The van der Waals surface area contributed by atoms with Gasteiger partial charge in [0.1, 0.15) is 23.9 Å². The number of carbonyl (C=O) groups is 16. The van der Waals surface area contributed by atoms with Crippen LogP contribution in [0, 0.1) is 0 Å². The fourth-order valence-corrected chi connectivity index (χ4v) is 12.4. The Kier molecular flexibility index (Phi) is 40.9. The molecule has 3 heterocycles. The molecular formula is C80H106N6O35. The summed E-state index contributed by atoms with van der Waals surface area (Å²) in [7, 11) is 0. The Morgan fingerprint density at radius 3 is 0.876 bits per heavy atom. The van der Waals surface area contributed by atoms with Gasteiger partial charge in [-0.2, -0.15) is 0 Å². The molecule has 0 saturated carbocycles. The Morgan fingerprint density at radius 1 is 0.314 bits per heavy atom. The summed E-state index contributed by atoms with van der Waals surface area (Å²) in [6, 6.07) is 17.4. The van der Waals surface area contributed by atoms with Gasteiger partial charge >= 0.3 is 59.7 Å². The van der Waals surface area contributed by atoms with E-state index in [0.717, 1.165) is 62.3 Å². The Labute approximate surface area is 696 Å². The van der Waals surface area contributed by atoms with Crippen molar-refractivity contribution in [1.29, 1.82) is 0 Å². The van der Waals surface area contributed by atoms with Gasteiger partial charge in [-0.1, -0.05) is 30.3 Å². The van der Waals surface area contributed by atoms with Crippen molar-refractivity contribution in [3.05, 3.63) is 77.9 Å². The van der Waals surface area contributed by atoms with E-state index in [1.165, 1.54) is 36.4 Å². The van der Waals surface area contributed by atoms with Crippen LogP contribution in [0.3, 0.4) is 0 Å². The molecule has 6 rings (SSSR count). The Morgan fingerprint density at radius 2 is 0.579 bits per heavy atom. The summed E-state index contributed by atoms with van der Waals surface area (Å²) in [5, 5.41) is 15.9. The first-order valence-corrected chi connectivity index (χ1v) is 38.9. The zero-order valence-corrected chi connectivity index (χ0v) is 69.2. The largest absolute Gasteiger partial charge is 0.484 e. The van der Waals surface area contributed by atoms with Gasteiger partial charge in [0, 0.05) is 127 Å². The maximum atomic E-state index is 13.9. The first-order valence-electron chi connectivity index (χ1n) is 38.9. The van der Waals surface area contributed by atoms with Gasteiger partial charge in [0.15, 0.2) is 93.6 Å². The molecule has 666 valence electrons. The van der Waals surface area contributed by atoms with Gasteiger partial charge < -0.3 is 122 Å². The van der Waals surface area contributed by atoms with Gasteiger partial charge in [-0.3, -0.25) is 71.9 Å². The van der Waals surface area contributed by atoms with Crippen molar-refractivity contribution >= 4 is 95.1 Å². The molecule has 0 aliphatic carbocycles. The van der Waals surface area contributed by atoms with Crippen LogP contribution in [-0.2, 0) is 154 Å². The van der Waals surface area contributed by atoms with Crippen LogP contribution in [0.25, 0.3) is 11.1 Å². The van der Waals surface area contributed by atoms with Gasteiger partial charge in [-0.15, -0.1) is 0 Å². The second-order valence-corrected chi connectivity index (χ2v) is 27.7. The van der Waals surface area contributed by atoms with Crippen molar-refractivity contribution in [2.45, 2.75) is 220 Å². The molecular weight excluding hydrogens is 1600 g/mol. The maximum Gasteiger partial charge on any atom is 0.338 e. The predicted molar refractivity (Wildman–Crippen MR) is 411 cm³/mol. The highest BCUT2D eigenvalue weighted by atomic mass is 16.8. The molecule has 0 spiro atoms. The van der Waals surface area contributed by atoms with E-state index in [0.29, 0.717) is 5.56 Å². The highest BCUT2D eigenvalue weighted by molar-refractivity contribution is 5.92. The zero-order chi connectivity index (χ0) is 88.8. The second-order valence-electron chi connectivity index (χ2n) is 27.7. The summed E-state index contributed by atoms with van der Waals surface area (Å²) >= 11 is 0. The average molecular weight is 1710 g/mol. The third-order valence-electron chi connectivity index (χ3n) is 17.4. The van der Waals surface area contributed by atoms with Gasteiger partial charge in [-0.25, -0.2) is 4.79 Å². The van der Waals surface area contributed by atoms with Crippen LogP contribution in [0.1, 0.15) is 138 Å². The van der Waals surface area contributed by atoms with E-state index in [4.69, 9.17) is 90.0 Å². The Balaban J connectivity index is 1.08. The highest BCUT2D eigenvalue weighted by Crippen LogP contribution is 2.36. The average Bonchev–Trinajstić information content (AvgIpc) is 0.808. The molecule has 6 N–H and O–H groups in total. The molecule has 15 unspecified atom stereocenters. The summed E-state index contributed by atoms with van der Waals surface area (Å²) in [6.07, 6.45) is -17.6. The third-order valence-corrected chi connectivity index (χ3v) is 17.4. The van der Waals surface area contributed by atoms with Crippen LogP contribution >= 0.6 is 0 Å². The predicted octanol–water partition coefficient (Wildman–Crippen LogP) is 1.55. The fraction of sp³-hybridized carbons (Fsp3) is 0.575. The van der Waals surface area contributed by atoms with Crippen molar-refractivity contribution in [2.24, 2.45) is 0 Å². The van der Waals surface area contributed by atoms with Crippen LogP contribution in [-0.4, -0.2) is 266 Å². The van der Waals surface area contributed by atoms with Gasteiger partial charge in [-0.05, 0) is 87.1 Å². The van der Waals surface area contributed by atoms with Crippen LogP contribution in [0.15, 0.2) is 66.7 Å². The number of ether oxygens (including phenoxy) is 19. The summed E-state index contributed by atoms with van der Waals surface area (Å²) in [5.74, 6) is -10.7. The fourth-order valence-electron chi connectivity index (χ4n) is 12.4. The van der Waals surface area contributed by atoms with E-state index in [-0.39, 0.29) is 138 Å². The molecule has 3 fully saturated rings. The topological polar surface area (TPSA) is 521 Å². The summed E-state index contributed by atoms with van der Waals surface area (Å²) in [4.78, 5) is 201. The number of amides is 6. The number of hydrogen-bond acceptors (Lipinski definition) is 35. The molecule has 0 bridgehead atoms. The summed E-state index contributed by atoms with van der Waals surface area (Å²) < 4.78 is 107. The highest BCUT2D eigenvalue weighted by Gasteiger charge is 2.54. The molecule has 3 aromatic carbocycles. The van der Waals surface area contributed by atoms with Crippen molar-refractivity contribution in [3.8, 4) is 28.4 Å². The molecule has 41 heteroatoms. The van der Waals surface area contributed by atoms with Gasteiger partial charge in [0.05, 0.1) is 43.7 Å². The first kappa shape index (κ1) is 98.2. The first-order chi connectivity index (χ1) is 57.5. The van der Waals surface area contributed by atoms with E-state index >= 15 is 0 Å². The standard InChI is InChI=1S/C80H106N6O35/c1-43-68(113-46(4)87)71(116-49(7)90)74(119-52(10)93)78(110-43)103-30-16-21-62(96)81-24-27-84-65(99)40-106-59-34-56(33-58(37-59)77(102)109-39-55-19-14-13-15-20-55)57-35-60(107-41-66(100)85-28-25-82-63(97)22-17-31-104-79-75(120-53(11)94)72(117-50(8)91)69(44(2)111-79)114-47(5)88)38-61(36-57)108-42-67(101)86-29-26-83-64(98)23-18-32-105-80-76(121-54(12)95)73(118-51(9)92)70(45(3)112-80)115-48(6)89/h13-15,19-20,33-38,43-45,68-76,78-80H,16-18,21-32,39-42H2,1-12H3,(H,81,96)(H,82,97)(H,83,98)(H,84,99)(H,85,100)(H,86,101). The van der Waals surface area contributed by atoms with E-state index in [2.05, 4.69) is 31.9 Å². The third kappa shape index (κ3) is 35.3. The second kappa shape index (κ2) is 50.4. The molecule has 121 heavy (non-hydrogen) atoms. The van der Waals surface area contributed by atoms with E-state index < -0.39 is 207 Å². The lowest BCUT2D eigenvalue weighted by Crippen LogP contribution is -2.61. The molecule has 3 saturated heterocycles. The lowest BCUT2D eigenvalue weighted by atomic mass is 9.99. The Hall–Kier alpha value is -11.7. The SMILES string of the molecule is CC(=O)OC1C(C)OC(OCCCC(=O)NCCNC(=O)COc2cc(OCC(=O)NCCNC(=O)CCCOC3OC(C)C(OC(C)=O)C(OC(C)=O)C3OC(C)=O)cc(-c3cc(OCC(=O)NCCNC(=O)CCCOC4OC(C)C(OC(C)=O)C(OC(C)=O)C4OC(C)=O)cc(C(=O)OCc4ccccc4)c3)c2)C(OC(C)=O)C1OC(C)=O. The molecule has 6 amide bonds. The normalized spacial score (nSPS) is 22.1. The monoisotopic (exact) mass is 1710 g/mol. The van der Waals surface area contributed by atoms with Crippen molar-refractivity contribution in [2.75, 3.05) is 78.9 Å². The number of rotatable bonds is 46. The number of esters is 10. The molecule has 3 aliphatic heterocycles. The minimum Gasteiger partial charge on any atom is -0.484 e. The molecule has 3 aliphatic rings. The Bertz CT molecular complexity index is 3910. The number of benzene rings is 3. The van der Waals surface area contributed by atoms with Crippen LogP contribution in [0.5, 0.6) is 17.2 Å². The van der Waals surface area contributed by atoms with Crippen LogP contribution in [0.4, 0.5) is 0 Å². The van der Waals surface area contributed by atoms with Gasteiger partial charge in [0.2, 0.25) is 17.7 Å². The van der Waals surface area contributed by atoms with Gasteiger partial charge in [0.25, 0.3) is 17.7 Å². The summed E-state index contributed by atoms with van der Waals surface area (Å²) in [5.41, 5.74) is 1.11. The molecule has 41 nitrogen and oxygen atoms in total. The van der Waals surface area contributed by atoms with Crippen molar-refractivity contribution in [1.82, 2.24) is 31.9 Å². The minimum absolute atomic E-state index is 0.000781. The minimum atomic E-state index is -1.34. The quantitative estimate of drug-likeness (QED) is 0.0265. The maximum absolute atomic E-state index is 13.9. The number of nitrogens with one attached hydrogen (secondary N) is 6. The lowest BCUT2D eigenvalue weighted by molar-refractivity contribution is -0.300. The van der Waals surface area contributed by atoms with E-state index in [1.54, 1.807) is 51.1 Å². The lowest BCUT2D eigenvalue weighted by Gasteiger charge is -2.43. The zero-order valence-electron chi connectivity index (χ0n) is 69.2. The van der Waals surface area contributed by atoms with Crippen molar-refractivity contribution in [3.63, 3.8) is 0 Å². The van der Waals surface area contributed by atoms with E-state index in [9.17, 15) is 76.7 Å². The van der Waals surface area contributed by atoms with E-state index in [1.807, 2.05) is 0 Å². The van der Waals surface area contributed by atoms with Crippen molar-refractivity contribution < 1.29 is 167 Å². The van der Waals surface area contributed by atoms with Crippen LogP contribution < -0.4 is 46.1 Å². The molecule has 0 radical (unpaired) electrons. The number of carbonyl (C=O) groups excluding carboxylic acids is 16. The smallest absolute Gasteiger partial charge is 0.338 e. The summed E-state index contributed by atoms with van der Waals surface area (Å²) in [6.45, 7) is 12.2.